The van der Waals surface area contributed by atoms with Crippen LogP contribution in [0.3, 0.4) is 0 Å². The van der Waals surface area contributed by atoms with Crippen LogP contribution in [0, 0.1) is 0 Å². The van der Waals surface area contributed by atoms with Gasteiger partial charge in [0.2, 0.25) is 0 Å². The summed E-state index contributed by atoms with van der Waals surface area (Å²) in [4.78, 5) is 0. The van der Waals surface area contributed by atoms with E-state index in [9.17, 15) is 0 Å². The number of rotatable bonds is 1. The minimum absolute atomic E-state index is 0.321. The van der Waals surface area contributed by atoms with Crippen LogP contribution in [-0.4, -0.2) is 27.9 Å². The van der Waals surface area contributed by atoms with Crippen LogP contribution in [0.25, 0.3) is 10.2 Å². The van der Waals surface area contributed by atoms with Crippen LogP contribution in [0.5, 0.6) is 0 Å². The van der Waals surface area contributed by atoms with Crippen LogP contribution >= 0.6 is 11.5 Å². The predicted molar refractivity (Wildman–Crippen MR) is 73.1 cm³/mol. The van der Waals surface area contributed by atoms with Gasteiger partial charge in [0.15, 0.2) is 0 Å². The summed E-state index contributed by atoms with van der Waals surface area (Å²) in [7, 11) is -0.346. The summed E-state index contributed by atoms with van der Waals surface area (Å²) in [6, 6.07) is 5.93. The van der Waals surface area contributed by atoms with Crippen LogP contribution < -0.4 is 5.46 Å². The summed E-state index contributed by atoms with van der Waals surface area (Å²) in [6.45, 7) is 8.21. The summed E-state index contributed by atoms with van der Waals surface area (Å²) in [5, 5.41) is 4.08. The van der Waals surface area contributed by atoms with Crippen LogP contribution in [0.1, 0.15) is 27.7 Å². The molecule has 3 rings (SSSR count). The van der Waals surface area contributed by atoms with Gasteiger partial charge in [0.25, 0.3) is 0 Å². The molecule has 0 spiro atoms. The van der Waals surface area contributed by atoms with Crippen molar-refractivity contribution in [3.8, 4) is 0 Å². The third-order valence-electron chi connectivity index (χ3n) is 3.81. The normalized spacial score (nSPS) is 21.7. The summed E-state index contributed by atoms with van der Waals surface area (Å²) < 4.78 is 17.1. The minimum Gasteiger partial charge on any atom is -0.399 e. The molecule has 18 heavy (non-hydrogen) atoms. The molecule has 1 saturated heterocycles. The van der Waals surface area contributed by atoms with Crippen LogP contribution in [0.4, 0.5) is 0 Å². The summed E-state index contributed by atoms with van der Waals surface area (Å²) in [6.07, 6.45) is 0. The lowest BCUT2D eigenvalue weighted by Gasteiger charge is -2.32. The Bertz CT molecular complexity index is 581. The van der Waals surface area contributed by atoms with Crippen molar-refractivity contribution in [2.45, 2.75) is 38.9 Å². The molecule has 0 N–H and O–H groups in total. The Morgan fingerprint density at radius 1 is 1.11 bits per heavy atom. The molecule has 0 bridgehead atoms. The van der Waals surface area contributed by atoms with Crippen molar-refractivity contribution in [2.24, 2.45) is 0 Å². The van der Waals surface area contributed by atoms with Gasteiger partial charge >= 0.3 is 7.12 Å². The number of benzene rings is 1. The molecule has 0 radical (unpaired) electrons. The predicted octanol–water partition coefficient (Wildman–Crippen LogP) is 1.99. The first kappa shape index (κ1) is 12.1. The van der Waals surface area contributed by atoms with Gasteiger partial charge in [-0.1, -0.05) is 16.6 Å². The van der Waals surface area contributed by atoms with E-state index in [2.05, 4.69) is 37.3 Å². The number of fused-ring (bicyclic) bond motifs is 1. The van der Waals surface area contributed by atoms with E-state index in [0.717, 1.165) is 15.7 Å². The first-order valence-corrected chi connectivity index (χ1v) is 6.75. The molecule has 1 fully saturated rings. The minimum atomic E-state index is -0.346. The quantitative estimate of drug-likeness (QED) is 0.737. The standard InChI is InChI=1S/C12H15BN2O2S/c1-11(2)12(3,4)17-13(16-11)8-6-5-7-9-10(8)18-15-14-9/h5-7H,1-4H3. The number of hydrogen-bond acceptors (Lipinski definition) is 5. The smallest absolute Gasteiger partial charge is 0.399 e. The molecule has 4 nitrogen and oxygen atoms in total. The topological polar surface area (TPSA) is 44.2 Å². The van der Waals surface area contributed by atoms with E-state index in [1.807, 2.05) is 18.2 Å². The number of nitrogens with zero attached hydrogens (tertiary/aromatic N) is 2. The van der Waals surface area contributed by atoms with E-state index in [-0.39, 0.29) is 18.3 Å². The van der Waals surface area contributed by atoms with Crippen molar-refractivity contribution >= 4 is 34.3 Å². The van der Waals surface area contributed by atoms with Crippen molar-refractivity contribution < 1.29 is 9.31 Å². The van der Waals surface area contributed by atoms with E-state index < -0.39 is 0 Å². The zero-order valence-electron chi connectivity index (χ0n) is 10.9. The molecule has 1 aliphatic heterocycles. The Morgan fingerprint density at radius 3 is 2.44 bits per heavy atom. The third-order valence-corrected chi connectivity index (χ3v) is 4.60. The SMILES string of the molecule is CC1(C)OB(c2cccc3nnsc23)OC1(C)C. The molecular formula is C12H15BN2O2S. The average Bonchev–Trinajstić information content (AvgIpc) is 2.81. The van der Waals surface area contributed by atoms with E-state index in [4.69, 9.17) is 9.31 Å². The molecule has 0 aliphatic carbocycles. The lowest BCUT2D eigenvalue weighted by Crippen LogP contribution is -2.41. The van der Waals surface area contributed by atoms with Crippen LogP contribution in [-0.2, 0) is 9.31 Å². The van der Waals surface area contributed by atoms with Crippen molar-refractivity contribution in [3.05, 3.63) is 18.2 Å². The molecule has 1 aromatic carbocycles. The monoisotopic (exact) mass is 262 g/mol. The molecule has 0 amide bonds. The fourth-order valence-corrected chi connectivity index (χ4v) is 2.66. The van der Waals surface area contributed by atoms with Gasteiger partial charge in [0.1, 0.15) is 5.52 Å². The molecule has 1 aromatic heterocycles. The molecule has 2 aromatic rings. The maximum atomic E-state index is 6.06. The second-order valence-electron chi connectivity index (χ2n) is 5.56. The zero-order chi connectivity index (χ0) is 13.0. The Balaban J connectivity index is 2.05. The Kier molecular flexibility index (Phi) is 2.52. The van der Waals surface area contributed by atoms with Crippen LogP contribution in [0.15, 0.2) is 18.2 Å². The Labute approximate surface area is 111 Å². The lowest BCUT2D eigenvalue weighted by atomic mass is 9.79. The maximum Gasteiger partial charge on any atom is 0.496 e. The van der Waals surface area contributed by atoms with E-state index in [0.29, 0.717) is 0 Å². The molecule has 94 valence electrons. The highest BCUT2D eigenvalue weighted by Gasteiger charge is 2.52. The molecule has 0 saturated carbocycles. The van der Waals surface area contributed by atoms with Crippen molar-refractivity contribution in [1.82, 2.24) is 9.59 Å². The maximum absolute atomic E-state index is 6.06. The second-order valence-corrected chi connectivity index (χ2v) is 6.31. The Hall–Kier alpha value is -0.975. The second kappa shape index (κ2) is 3.76. The highest BCUT2D eigenvalue weighted by Crippen LogP contribution is 2.37. The summed E-state index contributed by atoms with van der Waals surface area (Å²) in [5.41, 5.74) is 1.27. The van der Waals surface area contributed by atoms with Gasteiger partial charge in [-0.05, 0) is 45.3 Å². The highest BCUT2D eigenvalue weighted by molar-refractivity contribution is 7.14. The zero-order valence-corrected chi connectivity index (χ0v) is 11.7. The van der Waals surface area contributed by atoms with Gasteiger partial charge in [0, 0.05) is 5.46 Å². The van der Waals surface area contributed by atoms with Gasteiger partial charge < -0.3 is 9.31 Å². The van der Waals surface area contributed by atoms with Gasteiger partial charge in [-0.25, -0.2) is 0 Å². The van der Waals surface area contributed by atoms with Crippen LogP contribution in [0.2, 0.25) is 0 Å². The van der Waals surface area contributed by atoms with Crippen molar-refractivity contribution in [2.75, 3.05) is 0 Å². The molecular weight excluding hydrogens is 247 g/mol. The number of aromatic nitrogens is 2. The summed E-state index contributed by atoms with van der Waals surface area (Å²) in [5.74, 6) is 0. The first-order chi connectivity index (χ1) is 8.41. The average molecular weight is 262 g/mol. The van der Waals surface area contributed by atoms with Gasteiger partial charge in [0.05, 0.1) is 15.9 Å². The fraction of sp³-hybridized carbons (Fsp3) is 0.500. The van der Waals surface area contributed by atoms with E-state index >= 15 is 0 Å². The van der Waals surface area contributed by atoms with E-state index in [1.165, 1.54) is 11.5 Å². The van der Waals surface area contributed by atoms with Crippen molar-refractivity contribution in [1.29, 1.82) is 0 Å². The first-order valence-electron chi connectivity index (χ1n) is 5.97. The van der Waals surface area contributed by atoms with Gasteiger partial charge in [-0.15, -0.1) is 5.10 Å². The molecule has 1 aliphatic rings. The Morgan fingerprint density at radius 2 is 1.78 bits per heavy atom. The highest BCUT2D eigenvalue weighted by atomic mass is 32.1. The molecule has 0 unspecified atom stereocenters. The fourth-order valence-electron chi connectivity index (χ4n) is 1.98. The summed E-state index contributed by atoms with van der Waals surface area (Å²) >= 11 is 1.38. The third kappa shape index (κ3) is 1.67. The van der Waals surface area contributed by atoms with Gasteiger partial charge in [-0.3, -0.25) is 0 Å². The largest absolute Gasteiger partial charge is 0.496 e. The molecule has 6 heteroatoms. The molecule has 0 atom stereocenters. The van der Waals surface area contributed by atoms with Gasteiger partial charge in [-0.2, -0.15) is 0 Å². The van der Waals surface area contributed by atoms with Crippen molar-refractivity contribution in [3.63, 3.8) is 0 Å². The number of hydrogen-bond donors (Lipinski definition) is 0. The lowest BCUT2D eigenvalue weighted by molar-refractivity contribution is 0.00578. The van der Waals surface area contributed by atoms with E-state index in [1.54, 1.807) is 0 Å². The molecule has 2 heterocycles.